The molecular formula is C15H19N3O. The van der Waals surface area contributed by atoms with Gasteiger partial charge >= 0.3 is 0 Å². The molecule has 19 heavy (non-hydrogen) atoms. The molecule has 0 unspecified atom stereocenters. The number of methoxy groups -OCH3 is 1. The molecule has 0 aliphatic carbocycles. The first-order valence-corrected chi connectivity index (χ1v) is 6.34. The van der Waals surface area contributed by atoms with E-state index in [1.165, 1.54) is 5.56 Å². The van der Waals surface area contributed by atoms with Gasteiger partial charge in [-0.05, 0) is 31.0 Å². The number of rotatable bonds is 3. The number of nitrogens with zero attached hydrogens (tertiary/aromatic N) is 2. The van der Waals surface area contributed by atoms with Crippen LogP contribution in [0.5, 0.6) is 5.75 Å². The summed E-state index contributed by atoms with van der Waals surface area (Å²) in [4.78, 5) is 8.73. The molecule has 0 aliphatic heterocycles. The van der Waals surface area contributed by atoms with Gasteiger partial charge in [-0.2, -0.15) is 0 Å². The van der Waals surface area contributed by atoms with Crippen molar-refractivity contribution in [3.05, 3.63) is 35.2 Å². The van der Waals surface area contributed by atoms with Gasteiger partial charge in [0.25, 0.3) is 0 Å². The summed E-state index contributed by atoms with van der Waals surface area (Å²) in [7, 11) is 1.68. The summed E-state index contributed by atoms with van der Waals surface area (Å²) >= 11 is 0. The van der Waals surface area contributed by atoms with E-state index >= 15 is 0 Å². The second kappa shape index (κ2) is 5.26. The highest BCUT2D eigenvalue weighted by molar-refractivity contribution is 5.71. The van der Waals surface area contributed by atoms with Crippen LogP contribution in [0.4, 0.5) is 5.82 Å². The average Bonchev–Trinajstić information content (AvgIpc) is 2.40. The maximum Gasteiger partial charge on any atom is 0.131 e. The Labute approximate surface area is 113 Å². The number of aryl methyl sites for hydroxylation is 2. The highest BCUT2D eigenvalue weighted by Crippen LogP contribution is 2.34. The molecule has 0 fully saturated rings. The Morgan fingerprint density at radius 1 is 1.21 bits per heavy atom. The fraction of sp³-hybridized carbons (Fsp3) is 0.333. The predicted octanol–water partition coefficient (Wildman–Crippen LogP) is 2.91. The van der Waals surface area contributed by atoms with Gasteiger partial charge in [0.05, 0.1) is 12.8 Å². The Balaban J connectivity index is 2.65. The van der Waals surface area contributed by atoms with Crippen LogP contribution in [0.1, 0.15) is 23.9 Å². The van der Waals surface area contributed by atoms with Gasteiger partial charge in [0.1, 0.15) is 17.4 Å². The van der Waals surface area contributed by atoms with Gasteiger partial charge in [-0.25, -0.2) is 9.97 Å². The Kier molecular flexibility index (Phi) is 3.69. The SMILES string of the molecule is CCc1nc(N)cc(-c2ccc(C)c(C)c2OC)n1. The van der Waals surface area contributed by atoms with E-state index in [1.54, 1.807) is 13.2 Å². The molecule has 100 valence electrons. The van der Waals surface area contributed by atoms with Gasteiger partial charge in [0, 0.05) is 18.1 Å². The molecule has 4 nitrogen and oxygen atoms in total. The quantitative estimate of drug-likeness (QED) is 0.918. The first kappa shape index (κ1) is 13.3. The molecule has 1 aromatic carbocycles. The number of anilines is 1. The van der Waals surface area contributed by atoms with E-state index in [1.807, 2.05) is 19.9 Å². The van der Waals surface area contributed by atoms with E-state index < -0.39 is 0 Å². The molecule has 0 spiro atoms. The Hall–Kier alpha value is -2.10. The van der Waals surface area contributed by atoms with E-state index in [4.69, 9.17) is 10.5 Å². The lowest BCUT2D eigenvalue weighted by Crippen LogP contribution is -2.01. The molecule has 0 saturated heterocycles. The van der Waals surface area contributed by atoms with Crippen molar-refractivity contribution in [3.63, 3.8) is 0 Å². The molecular weight excluding hydrogens is 238 g/mol. The Morgan fingerprint density at radius 2 is 1.95 bits per heavy atom. The zero-order valence-electron chi connectivity index (χ0n) is 11.8. The van der Waals surface area contributed by atoms with Gasteiger partial charge in [0.2, 0.25) is 0 Å². The predicted molar refractivity (Wildman–Crippen MR) is 77.3 cm³/mol. The van der Waals surface area contributed by atoms with Gasteiger partial charge in [-0.1, -0.05) is 13.0 Å². The van der Waals surface area contributed by atoms with E-state index in [2.05, 4.69) is 23.0 Å². The van der Waals surface area contributed by atoms with Crippen LogP contribution >= 0.6 is 0 Å². The summed E-state index contributed by atoms with van der Waals surface area (Å²) in [6.07, 6.45) is 0.755. The summed E-state index contributed by atoms with van der Waals surface area (Å²) in [5.41, 5.74) is 9.92. The molecule has 0 radical (unpaired) electrons. The van der Waals surface area contributed by atoms with Crippen LogP contribution in [0.2, 0.25) is 0 Å². The van der Waals surface area contributed by atoms with Crippen molar-refractivity contribution in [2.75, 3.05) is 12.8 Å². The standard InChI is InChI=1S/C15H19N3O/c1-5-14-17-12(8-13(16)18-14)11-7-6-9(2)10(3)15(11)19-4/h6-8H,5H2,1-4H3,(H2,16,17,18). The number of ether oxygens (including phenoxy) is 1. The van der Waals surface area contributed by atoms with Crippen LogP contribution in [0.15, 0.2) is 18.2 Å². The van der Waals surface area contributed by atoms with Crippen molar-refractivity contribution in [2.45, 2.75) is 27.2 Å². The highest BCUT2D eigenvalue weighted by Gasteiger charge is 2.13. The van der Waals surface area contributed by atoms with Crippen molar-refractivity contribution in [2.24, 2.45) is 0 Å². The molecule has 0 bridgehead atoms. The van der Waals surface area contributed by atoms with E-state index in [0.717, 1.165) is 34.8 Å². The third-order valence-corrected chi connectivity index (χ3v) is 3.27. The molecule has 0 atom stereocenters. The highest BCUT2D eigenvalue weighted by atomic mass is 16.5. The minimum Gasteiger partial charge on any atom is -0.496 e. The van der Waals surface area contributed by atoms with Gasteiger partial charge in [0.15, 0.2) is 0 Å². The third kappa shape index (κ3) is 2.52. The molecule has 2 aromatic rings. The van der Waals surface area contributed by atoms with Crippen LogP contribution in [-0.2, 0) is 6.42 Å². The lowest BCUT2D eigenvalue weighted by atomic mass is 10.0. The van der Waals surface area contributed by atoms with Crippen molar-refractivity contribution in [1.29, 1.82) is 0 Å². The fourth-order valence-electron chi connectivity index (χ4n) is 2.07. The molecule has 0 aliphatic rings. The maximum atomic E-state index is 5.84. The number of hydrogen-bond acceptors (Lipinski definition) is 4. The average molecular weight is 257 g/mol. The lowest BCUT2D eigenvalue weighted by Gasteiger charge is -2.13. The van der Waals surface area contributed by atoms with Gasteiger partial charge in [-0.15, -0.1) is 0 Å². The smallest absolute Gasteiger partial charge is 0.131 e. The zero-order chi connectivity index (χ0) is 14.0. The molecule has 1 heterocycles. The summed E-state index contributed by atoms with van der Waals surface area (Å²) in [5.74, 6) is 2.08. The zero-order valence-corrected chi connectivity index (χ0v) is 11.8. The van der Waals surface area contributed by atoms with Crippen molar-refractivity contribution in [3.8, 4) is 17.0 Å². The molecule has 0 saturated carbocycles. The van der Waals surface area contributed by atoms with Crippen LogP contribution in [0, 0.1) is 13.8 Å². The first-order chi connectivity index (χ1) is 9.06. The topological polar surface area (TPSA) is 61.0 Å². The second-order valence-corrected chi connectivity index (χ2v) is 4.54. The van der Waals surface area contributed by atoms with Crippen molar-refractivity contribution in [1.82, 2.24) is 9.97 Å². The Morgan fingerprint density at radius 3 is 2.58 bits per heavy atom. The molecule has 4 heteroatoms. The normalized spacial score (nSPS) is 10.5. The van der Waals surface area contributed by atoms with Crippen molar-refractivity contribution < 1.29 is 4.74 Å². The minimum absolute atomic E-state index is 0.488. The molecule has 2 N–H and O–H groups in total. The van der Waals surface area contributed by atoms with Gasteiger partial charge in [-0.3, -0.25) is 0 Å². The number of nitrogen functional groups attached to an aromatic ring is 1. The first-order valence-electron chi connectivity index (χ1n) is 6.34. The van der Waals surface area contributed by atoms with Crippen LogP contribution in [0.25, 0.3) is 11.3 Å². The Bertz CT molecular complexity index is 609. The summed E-state index contributed by atoms with van der Waals surface area (Å²) in [5, 5.41) is 0. The van der Waals surface area contributed by atoms with Gasteiger partial charge < -0.3 is 10.5 Å². The molecule has 2 rings (SSSR count). The number of nitrogens with two attached hydrogens (primary N) is 1. The summed E-state index contributed by atoms with van der Waals surface area (Å²) in [6, 6.07) is 5.87. The largest absolute Gasteiger partial charge is 0.496 e. The minimum atomic E-state index is 0.488. The number of aromatic nitrogens is 2. The van der Waals surface area contributed by atoms with E-state index in [-0.39, 0.29) is 0 Å². The van der Waals surface area contributed by atoms with Crippen LogP contribution in [0.3, 0.4) is 0 Å². The summed E-state index contributed by atoms with van der Waals surface area (Å²) < 4.78 is 5.52. The summed E-state index contributed by atoms with van der Waals surface area (Å²) in [6.45, 7) is 6.12. The van der Waals surface area contributed by atoms with Crippen LogP contribution < -0.4 is 10.5 Å². The van der Waals surface area contributed by atoms with E-state index in [0.29, 0.717) is 5.82 Å². The number of hydrogen-bond donors (Lipinski definition) is 1. The monoisotopic (exact) mass is 257 g/mol. The third-order valence-electron chi connectivity index (χ3n) is 3.27. The van der Waals surface area contributed by atoms with Crippen molar-refractivity contribution >= 4 is 5.82 Å². The fourth-order valence-corrected chi connectivity index (χ4v) is 2.07. The van der Waals surface area contributed by atoms with E-state index in [9.17, 15) is 0 Å². The molecule has 1 aromatic heterocycles. The number of benzene rings is 1. The lowest BCUT2D eigenvalue weighted by molar-refractivity contribution is 0.413. The second-order valence-electron chi connectivity index (χ2n) is 4.54. The van der Waals surface area contributed by atoms with Crippen LogP contribution in [-0.4, -0.2) is 17.1 Å². The molecule has 0 amide bonds. The maximum absolute atomic E-state index is 5.84.